The Balaban J connectivity index is 1.28. The first-order valence-electron chi connectivity index (χ1n) is 13.8. The minimum Gasteiger partial charge on any atom is -0.490 e. The highest BCUT2D eigenvalue weighted by molar-refractivity contribution is 9.13. The van der Waals surface area contributed by atoms with Crippen molar-refractivity contribution in [1.29, 1.82) is 0 Å². The minimum absolute atomic E-state index is 0.200. The van der Waals surface area contributed by atoms with Crippen LogP contribution in [0.2, 0.25) is 5.02 Å². The van der Waals surface area contributed by atoms with Gasteiger partial charge in [0.25, 0.3) is 5.56 Å². The predicted molar refractivity (Wildman–Crippen MR) is 179 cm³/mol. The van der Waals surface area contributed by atoms with Crippen molar-refractivity contribution in [2.45, 2.75) is 13.5 Å². The molecule has 1 aliphatic heterocycles. The SMILES string of the molecule is CCOc1cc(C=Nn2c(-c3cc4cc(Cl)ccc4o3)nc3ccccc3c2=O)c(Br)c(Br)c1OCc1ccc2c(c1)OCO2. The van der Waals surface area contributed by atoms with Crippen LogP contribution >= 0.6 is 43.5 Å². The molecule has 9 nitrogen and oxygen atoms in total. The Morgan fingerprint density at radius 1 is 1.00 bits per heavy atom. The summed E-state index contributed by atoms with van der Waals surface area (Å²) in [5, 5.41) is 6.37. The average Bonchev–Trinajstić information content (AvgIpc) is 3.69. The van der Waals surface area contributed by atoms with Crippen LogP contribution in [0.1, 0.15) is 18.1 Å². The summed E-state index contributed by atoms with van der Waals surface area (Å²) in [7, 11) is 0. The first-order chi connectivity index (χ1) is 21.9. The maximum absolute atomic E-state index is 13.7. The van der Waals surface area contributed by atoms with Gasteiger partial charge in [0.2, 0.25) is 12.6 Å². The van der Waals surface area contributed by atoms with Crippen molar-refractivity contribution in [3.05, 3.63) is 108 Å². The van der Waals surface area contributed by atoms with Gasteiger partial charge in [-0.1, -0.05) is 29.8 Å². The molecular weight excluding hydrogens is 730 g/mol. The summed E-state index contributed by atoms with van der Waals surface area (Å²) in [6, 6.07) is 21.6. The molecule has 4 aromatic carbocycles. The molecule has 0 fully saturated rings. The van der Waals surface area contributed by atoms with Gasteiger partial charge in [-0.2, -0.15) is 9.78 Å². The summed E-state index contributed by atoms with van der Waals surface area (Å²) >= 11 is 13.5. The standard InChI is InChI=1S/C33H22Br2ClN3O6/c1-2-41-27-14-20(29(34)30(35)31(27)42-16-18-7-9-25-26(11-18)44-17-43-25)15-37-39-32(38-23-6-4-3-5-22(23)33(39)40)28-13-19-12-21(36)8-10-24(19)45-28/h3-15H,2,16-17H2,1H3. The molecule has 0 radical (unpaired) electrons. The molecule has 7 rings (SSSR count). The van der Waals surface area contributed by atoms with E-state index >= 15 is 0 Å². The molecule has 0 atom stereocenters. The van der Waals surface area contributed by atoms with Crippen molar-refractivity contribution >= 4 is 71.5 Å². The molecule has 2 aromatic heterocycles. The van der Waals surface area contributed by atoms with Gasteiger partial charge in [0.05, 0.1) is 28.2 Å². The number of nitrogens with zero attached hydrogens (tertiary/aromatic N) is 3. The Morgan fingerprint density at radius 3 is 2.71 bits per heavy atom. The number of halogens is 3. The molecule has 0 aliphatic carbocycles. The number of fused-ring (bicyclic) bond motifs is 3. The fourth-order valence-corrected chi connectivity index (χ4v) is 6.03. The monoisotopic (exact) mass is 749 g/mol. The lowest BCUT2D eigenvalue weighted by Crippen LogP contribution is -2.20. The fraction of sp³-hybridized carbons (Fsp3) is 0.121. The maximum atomic E-state index is 13.7. The van der Waals surface area contributed by atoms with Gasteiger partial charge in [0, 0.05) is 20.4 Å². The number of aromatic nitrogens is 2. The summed E-state index contributed by atoms with van der Waals surface area (Å²) in [5.74, 6) is 2.99. The smallest absolute Gasteiger partial charge is 0.282 e. The minimum atomic E-state index is -0.353. The molecule has 3 heterocycles. The van der Waals surface area contributed by atoms with E-state index in [1.165, 1.54) is 4.68 Å². The third-order valence-corrected chi connectivity index (χ3v) is 9.42. The van der Waals surface area contributed by atoms with Crippen LogP contribution in [0, 0.1) is 0 Å². The molecule has 0 bridgehead atoms. The molecule has 0 N–H and O–H groups in total. The van der Waals surface area contributed by atoms with Crippen LogP contribution in [0.4, 0.5) is 0 Å². The van der Waals surface area contributed by atoms with Gasteiger partial charge in [-0.3, -0.25) is 4.79 Å². The summed E-state index contributed by atoms with van der Waals surface area (Å²) in [5.41, 5.74) is 2.31. The third-order valence-electron chi connectivity index (χ3n) is 7.04. The molecular formula is C33H22Br2ClN3O6. The van der Waals surface area contributed by atoms with Gasteiger partial charge in [0.1, 0.15) is 12.2 Å². The van der Waals surface area contributed by atoms with E-state index in [9.17, 15) is 4.79 Å². The van der Waals surface area contributed by atoms with Crippen molar-refractivity contribution in [3.63, 3.8) is 0 Å². The summed E-state index contributed by atoms with van der Waals surface area (Å²) in [4.78, 5) is 18.5. The van der Waals surface area contributed by atoms with E-state index in [1.807, 2.05) is 31.2 Å². The topological polar surface area (TPSA) is 97.3 Å². The van der Waals surface area contributed by atoms with Crippen LogP contribution in [-0.2, 0) is 6.61 Å². The summed E-state index contributed by atoms with van der Waals surface area (Å²) in [6.45, 7) is 2.75. The number of rotatable bonds is 8. The first kappa shape index (κ1) is 29.4. The van der Waals surface area contributed by atoms with E-state index < -0.39 is 0 Å². The zero-order valence-corrected chi connectivity index (χ0v) is 27.5. The number of furan rings is 1. The zero-order valence-electron chi connectivity index (χ0n) is 23.6. The highest BCUT2D eigenvalue weighted by atomic mass is 79.9. The van der Waals surface area contributed by atoms with Crippen LogP contribution in [0.25, 0.3) is 33.5 Å². The number of ether oxygens (including phenoxy) is 4. The fourth-order valence-electron chi connectivity index (χ4n) is 4.92. The lowest BCUT2D eigenvalue weighted by molar-refractivity contribution is 0.174. The van der Waals surface area contributed by atoms with E-state index in [-0.39, 0.29) is 24.8 Å². The van der Waals surface area contributed by atoms with E-state index in [2.05, 4.69) is 37.0 Å². The van der Waals surface area contributed by atoms with Crippen LogP contribution in [0.5, 0.6) is 23.0 Å². The largest absolute Gasteiger partial charge is 0.490 e. The molecule has 0 unspecified atom stereocenters. The van der Waals surface area contributed by atoms with Crippen molar-refractivity contribution in [3.8, 4) is 34.6 Å². The number of hydrogen-bond acceptors (Lipinski definition) is 8. The molecule has 0 spiro atoms. The second-order valence-electron chi connectivity index (χ2n) is 9.94. The predicted octanol–water partition coefficient (Wildman–Crippen LogP) is 8.58. The molecule has 0 saturated heterocycles. The molecule has 1 aliphatic rings. The lowest BCUT2D eigenvalue weighted by atomic mass is 10.2. The van der Waals surface area contributed by atoms with Gasteiger partial charge >= 0.3 is 0 Å². The Hall–Kier alpha value is -4.32. The molecule has 226 valence electrons. The number of para-hydroxylation sites is 1. The van der Waals surface area contributed by atoms with Gasteiger partial charge in [0.15, 0.2) is 28.8 Å². The highest BCUT2D eigenvalue weighted by Crippen LogP contribution is 2.43. The third kappa shape index (κ3) is 5.67. The average molecular weight is 752 g/mol. The molecule has 45 heavy (non-hydrogen) atoms. The summed E-state index contributed by atoms with van der Waals surface area (Å²) in [6.07, 6.45) is 1.56. The Labute approximate surface area is 278 Å². The van der Waals surface area contributed by atoms with Gasteiger partial charge in [-0.15, -0.1) is 0 Å². The zero-order chi connectivity index (χ0) is 31.1. The Kier molecular flexibility index (Phi) is 7.99. The number of benzene rings is 4. The van der Waals surface area contributed by atoms with E-state index in [0.717, 1.165) is 10.9 Å². The van der Waals surface area contributed by atoms with Crippen molar-refractivity contribution in [1.82, 2.24) is 9.66 Å². The van der Waals surface area contributed by atoms with Gasteiger partial charge < -0.3 is 23.4 Å². The first-order valence-corrected chi connectivity index (χ1v) is 15.8. The van der Waals surface area contributed by atoms with Crippen LogP contribution in [-0.4, -0.2) is 29.3 Å². The quantitative estimate of drug-likeness (QED) is 0.144. The second-order valence-corrected chi connectivity index (χ2v) is 12.0. The van der Waals surface area contributed by atoms with Gasteiger partial charge in [-0.25, -0.2) is 4.98 Å². The normalized spacial score (nSPS) is 12.4. The van der Waals surface area contributed by atoms with E-state index in [0.29, 0.717) is 71.4 Å². The second kappa shape index (κ2) is 12.2. The van der Waals surface area contributed by atoms with Crippen molar-refractivity contribution < 1.29 is 23.4 Å². The summed E-state index contributed by atoms with van der Waals surface area (Å²) < 4.78 is 31.6. The molecule has 0 saturated carbocycles. The van der Waals surface area contributed by atoms with Crippen molar-refractivity contribution in [2.75, 3.05) is 13.4 Å². The molecule has 6 aromatic rings. The number of hydrogen-bond donors (Lipinski definition) is 0. The van der Waals surface area contributed by atoms with E-state index in [1.54, 1.807) is 54.7 Å². The Morgan fingerprint density at radius 2 is 1.84 bits per heavy atom. The maximum Gasteiger partial charge on any atom is 0.282 e. The molecule has 12 heteroatoms. The molecule has 0 amide bonds. The van der Waals surface area contributed by atoms with Crippen LogP contribution in [0.15, 0.2) is 96.1 Å². The van der Waals surface area contributed by atoms with E-state index in [4.69, 9.17) is 39.9 Å². The van der Waals surface area contributed by atoms with Gasteiger partial charge in [-0.05, 0) is 98.9 Å². The van der Waals surface area contributed by atoms with Crippen LogP contribution in [0.3, 0.4) is 0 Å². The highest BCUT2D eigenvalue weighted by Gasteiger charge is 2.20. The Bertz CT molecular complexity index is 2200. The van der Waals surface area contributed by atoms with Crippen LogP contribution < -0.4 is 24.5 Å². The van der Waals surface area contributed by atoms with Crippen molar-refractivity contribution in [2.24, 2.45) is 5.10 Å². The lowest BCUT2D eigenvalue weighted by Gasteiger charge is -2.16.